The normalized spacial score (nSPS) is 14.7. The Morgan fingerprint density at radius 3 is 2.17 bits per heavy atom. The lowest BCUT2D eigenvalue weighted by molar-refractivity contribution is -0.139. The van der Waals surface area contributed by atoms with Crippen molar-refractivity contribution in [2.45, 2.75) is 62.6 Å². The summed E-state index contributed by atoms with van der Waals surface area (Å²) in [5.41, 5.74) is 0.115. The number of nitrogens with zero attached hydrogens (tertiary/aromatic N) is 2. The molecule has 0 heterocycles. The maximum absolute atomic E-state index is 15.0. The van der Waals surface area contributed by atoms with Crippen LogP contribution in [-0.2, 0) is 26.2 Å². The Morgan fingerprint density at radius 1 is 0.927 bits per heavy atom. The molecule has 1 N–H and O–H groups in total. The van der Waals surface area contributed by atoms with Crippen LogP contribution in [0.25, 0.3) is 0 Å². The molecule has 11 heteroatoms. The third-order valence-corrected chi connectivity index (χ3v) is 9.72. The molecular formula is C30H32Cl2FN3O4S. The van der Waals surface area contributed by atoms with Gasteiger partial charge in [-0.05, 0) is 56.2 Å². The second-order valence-corrected chi connectivity index (χ2v) is 12.7. The number of anilines is 1. The molecule has 3 aromatic carbocycles. The van der Waals surface area contributed by atoms with Crippen molar-refractivity contribution >= 4 is 50.7 Å². The summed E-state index contributed by atoms with van der Waals surface area (Å²) in [4.78, 5) is 28.5. The molecule has 4 rings (SSSR count). The number of nitrogens with one attached hydrogen (secondary N) is 1. The van der Waals surface area contributed by atoms with Crippen molar-refractivity contribution in [2.24, 2.45) is 0 Å². The Balaban J connectivity index is 1.71. The van der Waals surface area contributed by atoms with Gasteiger partial charge in [0.05, 0.1) is 10.6 Å². The molecule has 1 fully saturated rings. The molecule has 0 aromatic heterocycles. The summed E-state index contributed by atoms with van der Waals surface area (Å²) < 4.78 is 43.2. The maximum atomic E-state index is 15.0. The summed E-state index contributed by atoms with van der Waals surface area (Å²) in [7, 11) is -4.37. The van der Waals surface area contributed by atoms with E-state index in [1.807, 2.05) is 0 Å². The first-order valence-corrected chi connectivity index (χ1v) is 15.6. The molecule has 1 aliphatic rings. The Kier molecular flexibility index (Phi) is 10.3. The van der Waals surface area contributed by atoms with Crippen LogP contribution in [0.4, 0.5) is 10.1 Å². The number of amides is 2. The van der Waals surface area contributed by atoms with Gasteiger partial charge in [0.1, 0.15) is 18.4 Å². The van der Waals surface area contributed by atoms with Crippen molar-refractivity contribution < 1.29 is 22.4 Å². The van der Waals surface area contributed by atoms with Gasteiger partial charge in [-0.2, -0.15) is 0 Å². The molecular weight excluding hydrogens is 588 g/mol. The van der Waals surface area contributed by atoms with Crippen LogP contribution in [0.5, 0.6) is 0 Å². The van der Waals surface area contributed by atoms with Gasteiger partial charge in [-0.25, -0.2) is 12.8 Å². The van der Waals surface area contributed by atoms with Gasteiger partial charge in [0, 0.05) is 28.2 Å². The summed E-state index contributed by atoms with van der Waals surface area (Å²) in [6, 6.07) is 16.7. The number of carbonyl (C=O) groups excluding carboxylic acids is 2. The van der Waals surface area contributed by atoms with Gasteiger partial charge >= 0.3 is 0 Å². The Hall–Kier alpha value is -3.14. The Labute approximate surface area is 250 Å². The fraction of sp³-hybridized carbons (Fsp3) is 0.333. The van der Waals surface area contributed by atoms with E-state index in [0.717, 1.165) is 42.5 Å². The third kappa shape index (κ3) is 7.39. The quantitative estimate of drug-likeness (QED) is 0.293. The molecule has 1 atom stereocenters. The molecule has 7 nitrogen and oxygen atoms in total. The SMILES string of the molecule is C[C@H](C(=O)NC1CCCCC1)N(Cc1c(Cl)cccc1Cl)C(=O)CN(c1ccccc1F)S(=O)(=O)c1ccccc1. The van der Waals surface area contributed by atoms with E-state index >= 15 is 4.39 Å². The van der Waals surface area contributed by atoms with Crippen molar-refractivity contribution in [3.63, 3.8) is 0 Å². The summed E-state index contributed by atoms with van der Waals surface area (Å²) in [5, 5.41) is 3.61. The molecule has 0 saturated heterocycles. The average molecular weight is 621 g/mol. The molecule has 1 saturated carbocycles. The number of carbonyl (C=O) groups is 2. The predicted octanol–water partition coefficient (Wildman–Crippen LogP) is 6.19. The lowest BCUT2D eigenvalue weighted by Crippen LogP contribution is -2.53. The van der Waals surface area contributed by atoms with Crippen LogP contribution in [0.1, 0.15) is 44.6 Å². The van der Waals surface area contributed by atoms with Gasteiger partial charge in [-0.1, -0.05) is 78.9 Å². The zero-order valence-electron chi connectivity index (χ0n) is 22.6. The fourth-order valence-corrected chi connectivity index (χ4v) is 6.85. The highest BCUT2D eigenvalue weighted by molar-refractivity contribution is 7.92. The number of para-hydroxylation sites is 1. The molecule has 0 unspecified atom stereocenters. The van der Waals surface area contributed by atoms with E-state index in [4.69, 9.17) is 23.2 Å². The summed E-state index contributed by atoms with van der Waals surface area (Å²) in [5.74, 6) is -1.92. The molecule has 218 valence electrons. The Bertz CT molecular complexity index is 1460. The van der Waals surface area contributed by atoms with Crippen LogP contribution >= 0.6 is 23.2 Å². The predicted molar refractivity (Wildman–Crippen MR) is 159 cm³/mol. The van der Waals surface area contributed by atoms with Crippen LogP contribution in [0, 0.1) is 5.82 Å². The second-order valence-electron chi connectivity index (χ2n) is 10.0. The van der Waals surface area contributed by atoms with E-state index in [1.54, 1.807) is 31.2 Å². The van der Waals surface area contributed by atoms with Crippen LogP contribution in [-0.4, -0.2) is 43.8 Å². The van der Waals surface area contributed by atoms with Gasteiger partial charge in [-0.15, -0.1) is 0 Å². The molecule has 3 aromatic rings. The summed E-state index contributed by atoms with van der Waals surface area (Å²) >= 11 is 12.8. The van der Waals surface area contributed by atoms with E-state index in [9.17, 15) is 18.0 Å². The zero-order chi connectivity index (χ0) is 29.6. The molecule has 0 radical (unpaired) electrons. The smallest absolute Gasteiger partial charge is 0.264 e. The van der Waals surface area contributed by atoms with Crippen molar-refractivity contribution in [1.82, 2.24) is 10.2 Å². The fourth-order valence-electron chi connectivity index (χ4n) is 4.89. The van der Waals surface area contributed by atoms with E-state index < -0.39 is 34.3 Å². The van der Waals surface area contributed by atoms with E-state index in [2.05, 4.69) is 5.32 Å². The monoisotopic (exact) mass is 619 g/mol. The van der Waals surface area contributed by atoms with Crippen molar-refractivity contribution in [3.8, 4) is 0 Å². The molecule has 0 aliphatic heterocycles. The van der Waals surface area contributed by atoms with Gasteiger partial charge in [0.15, 0.2) is 0 Å². The van der Waals surface area contributed by atoms with Crippen LogP contribution in [0.2, 0.25) is 10.0 Å². The lowest BCUT2D eigenvalue weighted by atomic mass is 9.95. The van der Waals surface area contributed by atoms with E-state index in [-0.39, 0.29) is 39.1 Å². The number of rotatable bonds is 10. The molecule has 0 spiro atoms. The number of halogens is 3. The van der Waals surface area contributed by atoms with Crippen LogP contribution in [0.3, 0.4) is 0 Å². The van der Waals surface area contributed by atoms with Gasteiger partial charge in [-0.3, -0.25) is 13.9 Å². The number of benzene rings is 3. The lowest BCUT2D eigenvalue weighted by Gasteiger charge is -2.33. The number of hydrogen-bond donors (Lipinski definition) is 1. The van der Waals surface area contributed by atoms with Crippen LogP contribution < -0.4 is 9.62 Å². The van der Waals surface area contributed by atoms with Crippen molar-refractivity contribution in [1.29, 1.82) is 0 Å². The van der Waals surface area contributed by atoms with E-state index in [0.29, 0.717) is 5.56 Å². The molecule has 2 amide bonds. The third-order valence-electron chi connectivity index (χ3n) is 7.24. The van der Waals surface area contributed by atoms with Crippen molar-refractivity contribution in [2.75, 3.05) is 10.8 Å². The van der Waals surface area contributed by atoms with Crippen LogP contribution in [0.15, 0.2) is 77.7 Å². The first kappa shape index (κ1) is 30.8. The summed E-state index contributed by atoms with van der Waals surface area (Å²) in [6.45, 7) is 0.647. The molecule has 0 bridgehead atoms. The van der Waals surface area contributed by atoms with E-state index in [1.165, 1.54) is 47.4 Å². The topological polar surface area (TPSA) is 86.8 Å². The van der Waals surface area contributed by atoms with Crippen molar-refractivity contribution in [3.05, 3.63) is 94.2 Å². The van der Waals surface area contributed by atoms with Gasteiger partial charge < -0.3 is 10.2 Å². The molecule has 1 aliphatic carbocycles. The Morgan fingerprint density at radius 2 is 1.54 bits per heavy atom. The highest BCUT2D eigenvalue weighted by Gasteiger charge is 2.34. The van der Waals surface area contributed by atoms with Gasteiger partial charge in [0.25, 0.3) is 10.0 Å². The number of sulfonamides is 1. The molecule has 41 heavy (non-hydrogen) atoms. The van der Waals surface area contributed by atoms with Gasteiger partial charge in [0.2, 0.25) is 11.8 Å². The largest absolute Gasteiger partial charge is 0.352 e. The highest BCUT2D eigenvalue weighted by atomic mass is 35.5. The first-order valence-electron chi connectivity index (χ1n) is 13.4. The number of hydrogen-bond acceptors (Lipinski definition) is 4. The minimum absolute atomic E-state index is 0.00655. The minimum Gasteiger partial charge on any atom is -0.352 e. The average Bonchev–Trinajstić information content (AvgIpc) is 2.96. The highest BCUT2D eigenvalue weighted by Crippen LogP contribution is 2.29. The summed E-state index contributed by atoms with van der Waals surface area (Å²) in [6.07, 6.45) is 4.82. The second kappa shape index (κ2) is 13.7. The standard InChI is InChI=1S/C30H32Cl2FN3O4S/c1-21(30(38)34-22-11-4-2-5-12-22)35(19-24-25(31)15-10-16-26(24)32)29(37)20-36(28-18-9-8-17-27(28)33)41(39,40)23-13-6-3-7-14-23/h3,6-10,13-18,21-22H,2,4-5,11-12,19-20H2,1H3,(H,34,38)/t21-/m1/s1. The maximum Gasteiger partial charge on any atom is 0.264 e. The minimum atomic E-state index is -4.37. The first-order chi connectivity index (χ1) is 19.6. The zero-order valence-corrected chi connectivity index (χ0v) is 24.9.